The Bertz CT molecular complexity index is 382. The van der Waals surface area contributed by atoms with Gasteiger partial charge in [0.2, 0.25) is 0 Å². The number of methoxy groups -OCH3 is 1. The lowest BCUT2D eigenvalue weighted by Gasteiger charge is -2.18. The maximum absolute atomic E-state index is 6.27. The van der Waals surface area contributed by atoms with Crippen molar-refractivity contribution in [3.63, 3.8) is 0 Å². The molecule has 0 radical (unpaired) electrons. The molecule has 1 aromatic rings. The molecule has 0 atom stereocenters. The van der Waals surface area contributed by atoms with Crippen LogP contribution in [0.2, 0.25) is 0 Å². The smallest absolute Gasteiger partial charge is 0.126 e. The van der Waals surface area contributed by atoms with E-state index in [2.05, 4.69) is 6.07 Å². The van der Waals surface area contributed by atoms with E-state index < -0.39 is 0 Å². The fourth-order valence-corrected chi connectivity index (χ4v) is 2.37. The minimum Gasteiger partial charge on any atom is -0.496 e. The van der Waals surface area contributed by atoms with Gasteiger partial charge in [-0.25, -0.2) is 0 Å². The zero-order valence-electron chi connectivity index (χ0n) is 8.92. The van der Waals surface area contributed by atoms with E-state index in [1.807, 2.05) is 18.2 Å². The van der Waals surface area contributed by atoms with Gasteiger partial charge in [-0.1, -0.05) is 29.8 Å². The highest BCUT2D eigenvalue weighted by Crippen LogP contribution is 2.37. The predicted molar refractivity (Wildman–Crippen MR) is 64.2 cm³/mol. The summed E-state index contributed by atoms with van der Waals surface area (Å²) in [7, 11) is 1.70. The quantitative estimate of drug-likeness (QED) is 0.728. The van der Waals surface area contributed by atoms with Crippen LogP contribution in [0.5, 0.6) is 5.75 Å². The molecule has 0 heterocycles. The SMILES string of the molecule is COc1ccccc1C1=C(Cl)CCCC1. The summed E-state index contributed by atoms with van der Waals surface area (Å²) in [5, 5.41) is 1.01. The third-order valence-electron chi connectivity index (χ3n) is 2.83. The first-order chi connectivity index (χ1) is 7.33. The van der Waals surface area contributed by atoms with Crippen LogP contribution in [0.1, 0.15) is 31.2 Å². The molecule has 0 saturated carbocycles. The summed E-state index contributed by atoms with van der Waals surface area (Å²) in [6.07, 6.45) is 4.51. The zero-order valence-corrected chi connectivity index (χ0v) is 9.68. The molecular weight excluding hydrogens is 208 g/mol. The van der Waals surface area contributed by atoms with Crippen LogP contribution in [0.3, 0.4) is 0 Å². The van der Waals surface area contributed by atoms with Crippen LogP contribution < -0.4 is 4.74 Å². The van der Waals surface area contributed by atoms with Crippen molar-refractivity contribution in [2.45, 2.75) is 25.7 Å². The average molecular weight is 223 g/mol. The topological polar surface area (TPSA) is 9.23 Å². The number of halogens is 1. The lowest BCUT2D eigenvalue weighted by atomic mass is 9.93. The second-order valence-electron chi connectivity index (χ2n) is 3.79. The van der Waals surface area contributed by atoms with E-state index in [1.54, 1.807) is 7.11 Å². The summed E-state index contributed by atoms with van der Waals surface area (Å²) in [4.78, 5) is 0. The first-order valence-corrected chi connectivity index (χ1v) is 5.71. The summed E-state index contributed by atoms with van der Waals surface area (Å²) in [5.74, 6) is 0.924. The van der Waals surface area contributed by atoms with Crippen molar-refractivity contribution in [1.29, 1.82) is 0 Å². The van der Waals surface area contributed by atoms with Crippen LogP contribution >= 0.6 is 11.6 Å². The Morgan fingerprint density at radius 2 is 1.87 bits per heavy atom. The van der Waals surface area contributed by atoms with Crippen molar-refractivity contribution in [3.05, 3.63) is 34.9 Å². The van der Waals surface area contributed by atoms with Gasteiger partial charge in [0.05, 0.1) is 7.11 Å². The van der Waals surface area contributed by atoms with E-state index in [9.17, 15) is 0 Å². The molecule has 0 N–H and O–H groups in total. The second-order valence-corrected chi connectivity index (χ2v) is 4.25. The third kappa shape index (κ3) is 2.18. The van der Waals surface area contributed by atoms with Crippen LogP contribution in [0, 0.1) is 0 Å². The number of hydrogen-bond donors (Lipinski definition) is 0. The fraction of sp³-hybridized carbons (Fsp3) is 0.385. The number of hydrogen-bond acceptors (Lipinski definition) is 1. The largest absolute Gasteiger partial charge is 0.496 e. The summed E-state index contributed by atoms with van der Waals surface area (Å²) < 4.78 is 5.35. The molecular formula is C13H15ClO. The first-order valence-electron chi connectivity index (χ1n) is 5.34. The van der Waals surface area contributed by atoms with Gasteiger partial charge in [0.25, 0.3) is 0 Å². The van der Waals surface area contributed by atoms with Crippen molar-refractivity contribution < 1.29 is 4.74 Å². The van der Waals surface area contributed by atoms with Crippen molar-refractivity contribution in [1.82, 2.24) is 0 Å². The number of ether oxygens (including phenoxy) is 1. The van der Waals surface area contributed by atoms with Gasteiger partial charge in [-0.2, -0.15) is 0 Å². The van der Waals surface area contributed by atoms with Crippen molar-refractivity contribution >= 4 is 17.2 Å². The van der Waals surface area contributed by atoms with E-state index in [0.29, 0.717) is 0 Å². The van der Waals surface area contributed by atoms with Crippen LogP contribution in [0.15, 0.2) is 29.3 Å². The molecule has 2 rings (SSSR count). The molecule has 1 aliphatic carbocycles. The molecule has 0 spiro atoms. The lowest BCUT2D eigenvalue weighted by molar-refractivity contribution is 0.413. The molecule has 15 heavy (non-hydrogen) atoms. The maximum atomic E-state index is 6.27. The third-order valence-corrected chi connectivity index (χ3v) is 3.25. The molecule has 0 aliphatic heterocycles. The van der Waals surface area contributed by atoms with E-state index in [0.717, 1.165) is 29.2 Å². The van der Waals surface area contributed by atoms with Crippen LogP contribution in [-0.4, -0.2) is 7.11 Å². The highest BCUT2D eigenvalue weighted by Gasteiger charge is 2.15. The van der Waals surface area contributed by atoms with Gasteiger partial charge in [0, 0.05) is 10.6 Å². The summed E-state index contributed by atoms with van der Waals surface area (Å²) in [6, 6.07) is 8.09. The molecule has 0 saturated heterocycles. The number of benzene rings is 1. The average Bonchev–Trinajstić information content (AvgIpc) is 2.30. The lowest BCUT2D eigenvalue weighted by Crippen LogP contribution is -1.98. The van der Waals surface area contributed by atoms with Gasteiger partial charge in [-0.3, -0.25) is 0 Å². The molecule has 0 amide bonds. The van der Waals surface area contributed by atoms with E-state index >= 15 is 0 Å². The van der Waals surface area contributed by atoms with E-state index in [1.165, 1.54) is 18.4 Å². The molecule has 0 unspecified atom stereocenters. The molecule has 0 fully saturated rings. The van der Waals surface area contributed by atoms with Crippen molar-refractivity contribution in [2.24, 2.45) is 0 Å². The Morgan fingerprint density at radius 3 is 2.60 bits per heavy atom. The Hall–Kier alpha value is -0.950. The normalized spacial score (nSPS) is 16.7. The molecule has 1 nitrogen and oxygen atoms in total. The fourth-order valence-electron chi connectivity index (χ4n) is 2.04. The molecule has 0 aromatic heterocycles. The Balaban J connectivity index is 2.43. The minimum absolute atomic E-state index is 0.924. The molecule has 1 aromatic carbocycles. The van der Waals surface area contributed by atoms with E-state index in [4.69, 9.17) is 16.3 Å². The minimum atomic E-state index is 0.924. The van der Waals surface area contributed by atoms with Crippen LogP contribution in [0.4, 0.5) is 0 Å². The Labute approximate surface area is 95.7 Å². The number of para-hydroxylation sites is 1. The van der Waals surface area contributed by atoms with Crippen LogP contribution in [0.25, 0.3) is 5.57 Å². The Morgan fingerprint density at radius 1 is 1.13 bits per heavy atom. The van der Waals surface area contributed by atoms with Gasteiger partial charge in [-0.05, 0) is 37.3 Å². The highest BCUT2D eigenvalue weighted by atomic mass is 35.5. The summed E-state index contributed by atoms with van der Waals surface area (Å²) in [5.41, 5.74) is 2.42. The standard InChI is InChI=1S/C13H15ClO/c1-15-13-9-5-3-7-11(13)10-6-2-4-8-12(10)14/h3,5,7,9H,2,4,6,8H2,1H3. The van der Waals surface area contributed by atoms with Crippen LogP contribution in [-0.2, 0) is 0 Å². The summed E-state index contributed by atoms with van der Waals surface area (Å²) in [6.45, 7) is 0. The highest BCUT2D eigenvalue weighted by molar-refractivity contribution is 6.32. The Kier molecular flexibility index (Phi) is 3.32. The van der Waals surface area contributed by atoms with Gasteiger partial charge < -0.3 is 4.74 Å². The molecule has 0 bridgehead atoms. The first kappa shape index (κ1) is 10.6. The molecule has 2 heteroatoms. The van der Waals surface area contributed by atoms with Gasteiger partial charge in [0.1, 0.15) is 5.75 Å². The van der Waals surface area contributed by atoms with Gasteiger partial charge >= 0.3 is 0 Å². The second kappa shape index (κ2) is 4.71. The number of allylic oxidation sites excluding steroid dienone is 2. The summed E-state index contributed by atoms with van der Waals surface area (Å²) >= 11 is 6.27. The van der Waals surface area contributed by atoms with Gasteiger partial charge in [0.15, 0.2) is 0 Å². The van der Waals surface area contributed by atoms with Crippen molar-refractivity contribution in [2.75, 3.05) is 7.11 Å². The maximum Gasteiger partial charge on any atom is 0.126 e. The van der Waals surface area contributed by atoms with Crippen molar-refractivity contribution in [3.8, 4) is 5.75 Å². The number of rotatable bonds is 2. The molecule has 1 aliphatic rings. The molecule has 80 valence electrons. The monoisotopic (exact) mass is 222 g/mol. The van der Waals surface area contributed by atoms with E-state index in [-0.39, 0.29) is 0 Å². The predicted octanol–water partition coefficient (Wildman–Crippen LogP) is 4.22. The zero-order chi connectivity index (χ0) is 10.7. The van der Waals surface area contributed by atoms with Gasteiger partial charge in [-0.15, -0.1) is 0 Å².